The van der Waals surface area contributed by atoms with Gasteiger partial charge < -0.3 is 14.5 Å². The molecule has 0 aliphatic carbocycles. The molecule has 0 bridgehead atoms. The number of urea groups is 1. The maximum Gasteiger partial charge on any atom is 0.320 e. The lowest BCUT2D eigenvalue weighted by Gasteiger charge is -2.41. The fourth-order valence-electron chi connectivity index (χ4n) is 5.00. The number of aryl methyl sites for hydroxylation is 1. The molecule has 2 aliphatic rings. The molecule has 2 amide bonds. The second kappa shape index (κ2) is 9.79. The molecule has 6 nitrogen and oxygen atoms in total. The van der Waals surface area contributed by atoms with Crippen LogP contribution in [0.3, 0.4) is 0 Å². The minimum atomic E-state index is 0.126. The van der Waals surface area contributed by atoms with Crippen LogP contribution in [0.4, 0.5) is 4.79 Å². The Morgan fingerprint density at radius 3 is 2.45 bits per heavy atom. The number of aromatic amines is 1. The molecule has 1 N–H and O–H groups in total. The van der Waals surface area contributed by atoms with Crippen LogP contribution in [0.2, 0.25) is 0 Å². The van der Waals surface area contributed by atoms with E-state index in [1.54, 1.807) is 0 Å². The number of carbonyl (C=O) groups is 1. The highest BCUT2D eigenvalue weighted by Gasteiger charge is 2.34. The number of nitrogens with one attached hydrogen (secondary N) is 1. The minimum Gasteiger partial charge on any atom is -0.378 e. The fraction of sp³-hybridized carbons (Fsp3) is 0.407. The van der Waals surface area contributed by atoms with E-state index >= 15 is 0 Å². The Balaban J connectivity index is 1.41. The van der Waals surface area contributed by atoms with E-state index in [4.69, 9.17) is 4.74 Å². The van der Waals surface area contributed by atoms with Crippen molar-refractivity contribution < 1.29 is 9.53 Å². The Morgan fingerprint density at radius 2 is 1.73 bits per heavy atom. The van der Waals surface area contributed by atoms with Crippen molar-refractivity contribution in [1.82, 2.24) is 20.0 Å². The topological polar surface area (TPSA) is 61.5 Å². The smallest absolute Gasteiger partial charge is 0.320 e. The van der Waals surface area contributed by atoms with Crippen LogP contribution < -0.4 is 0 Å². The Morgan fingerprint density at radius 1 is 1.00 bits per heavy atom. The van der Waals surface area contributed by atoms with Crippen LogP contribution in [0, 0.1) is 0 Å². The summed E-state index contributed by atoms with van der Waals surface area (Å²) in [6, 6.07) is 21.4. The highest BCUT2D eigenvalue weighted by atomic mass is 16.5. The molecule has 6 heteroatoms. The third-order valence-corrected chi connectivity index (χ3v) is 6.97. The summed E-state index contributed by atoms with van der Waals surface area (Å²) in [5, 5.41) is 7.87. The van der Waals surface area contributed by atoms with Gasteiger partial charge in [0, 0.05) is 49.3 Å². The van der Waals surface area contributed by atoms with Crippen LogP contribution in [0.1, 0.15) is 42.0 Å². The number of hydrogen-bond acceptors (Lipinski definition) is 3. The summed E-state index contributed by atoms with van der Waals surface area (Å²) >= 11 is 0. The first-order chi connectivity index (χ1) is 16.2. The first-order valence-electron chi connectivity index (χ1n) is 12.0. The van der Waals surface area contributed by atoms with E-state index in [2.05, 4.69) is 59.6 Å². The largest absolute Gasteiger partial charge is 0.378 e. The van der Waals surface area contributed by atoms with Crippen LogP contribution in [-0.2, 0) is 11.2 Å². The molecule has 1 aromatic heterocycles. The van der Waals surface area contributed by atoms with Gasteiger partial charge in [-0.05, 0) is 30.0 Å². The Kier molecular flexibility index (Phi) is 6.44. The molecular formula is C27H32N4O2. The lowest BCUT2D eigenvalue weighted by atomic mass is 9.82. The third-order valence-electron chi connectivity index (χ3n) is 6.97. The van der Waals surface area contributed by atoms with E-state index in [9.17, 15) is 4.79 Å². The number of morpholine rings is 1. The predicted octanol–water partition coefficient (Wildman–Crippen LogP) is 4.66. The maximum atomic E-state index is 13.4. The molecule has 2 aromatic carbocycles. The van der Waals surface area contributed by atoms with Crippen LogP contribution >= 0.6 is 0 Å². The van der Waals surface area contributed by atoms with Gasteiger partial charge in [-0.3, -0.25) is 5.10 Å². The number of rotatable bonds is 4. The standard InChI is InChI=1S/C27H32N4O2/c1-2-20-8-10-21(11-9-20)23-16-24(19-31(18-23)27(32)30-12-14-33-15-13-30)26-17-25(28-29-26)22-6-4-3-5-7-22/h3-11,17,23-24H,2,12-16,18-19H2,1H3,(H,28,29). The van der Waals surface area contributed by atoms with Crippen molar-refractivity contribution in [3.63, 3.8) is 0 Å². The molecule has 0 saturated carbocycles. The number of hydrogen-bond donors (Lipinski definition) is 1. The summed E-state index contributed by atoms with van der Waals surface area (Å²) in [5.41, 5.74) is 5.80. The van der Waals surface area contributed by atoms with Crippen molar-refractivity contribution in [3.8, 4) is 11.3 Å². The lowest BCUT2D eigenvalue weighted by molar-refractivity contribution is 0.0398. The van der Waals surface area contributed by atoms with Crippen LogP contribution in [-0.4, -0.2) is 65.4 Å². The van der Waals surface area contributed by atoms with Crippen LogP contribution in [0.15, 0.2) is 60.7 Å². The molecule has 2 saturated heterocycles. The lowest BCUT2D eigenvalue weighted by Crippen LogP contribution is -2.52. The summed E-state index contributed by atoms with van der Waals surface area (Å²) in [5.74, 6) is 0.507. The van der Waals surface area contributed by atoms with Crippen molar-refractivity contribution in [2.24, 2.45) is 0 Å². The number of amides is 2. The first-order valence-corrected chi connectivity index (χ1v) is 12.0. The van der Waals surface area contributed by atoms with E-state index in [-0.39, 0.29) is 11.9 Å². The molecule has 33 heavy (non-hydrogen) atoms. The number of nitrogens with zero attached hydrogens (tertiary/aromatic N) is 3. The third kappa shape index (κ3) is 4.81. The van der Waals surface area contributed by atoms with E-state index in [1.165, 1.54) is 11.1 Å². The zero-order valence-corrected chi connectivity index (χ0v) is 19.2. The van der Waals surface area contributed by atoms with Gasteiger partial charge in [0.1, 0.15) is 0 Å². The number of piperidine rings is 1. The molecule has 2 atom stereocenters. The minimum absolute atomic E-state index is 0.126. The highest BCUT2D eigenvalue weighted by molar-refractivity contribution is 5.75. The molecule has 2 aliphatic heterocycles. The average Bonchev–Trinajstić information content (AvgIpc) is 3.40. The van der Waals surface area contributed by atoms with Crippen molar-refractivity contribution in [2.45, 2.75) is 31.6 Å². The van der Waals surface area contributed by atoms with Crippen LogP contribution in [0.5, 0.6) is 0 Å². The van der Waals surface area contributed by atoms with E-state index in [0.29, 0.717) is 38.8 Å². The van der Waals surface area contributed by atoms with Gasteiger partial charge >= 0.3 is 6.03 Å². The van der Waals surface area contributed by atoms with Gasteiger partial charge in [-0.1, -0.05) is 61.5 Å². The molecule has 0 radical (unpaired) electrons. The van der Waals surface area contributed by atoms with Crippen molar-refractivity contribution in [3.05, 3.63) is 77.5 Å². The summed E-state index contributed by atoms with van der Waals surface area (Å²) < 4.78 is 5.46. The van der Waals surface area contributed by atoms with Gasteiger partial charge in [0.05, 0.1) is 18.9 Å². The summed E-state index contributed by atoms with van der Waals surface area (Å²) in [6.07, 6.45) is 2.03. The number of benzene rings is 2. The molecule has 3 aromatic rings. The number of aromatic nitrogens is 2. The van der Waals surface area contributed by atoms with Crippen molar-refractivity contribution in [1.29, 1.82) is 0 Å². The second-order valence-electron chi connectivity index (χ2n) is 9.09. The van der Waals surface area contributed by atoms with Gasteiger partial charge in [-0.25, -0.2) is 4.79 Å². The molecule has 2 unspecified atom stereocenters. The Hall–Kier alpha value is -3.12. The Labute approximate surface area is 195 Å². The maximum absolute atomic E-state index is 13.4. The SMILES string of the molecule is CCc1ccc(C2CC(c3cc(-c4ccccc4)n[nH]3)CN(C(=O)N3CCOCC3)C2)cc1. The molecule has 0 spiro atoms. The van der Waals surface area contributed by atoms with Crippen molar-refractivity contribution in [2.75, 3.05) is 39.4 Å². The zero-order chi connectivity index (χ0) is 22.6. The number of ether oxygens (including phenoxy) is 1. The van der Waals surface area contributed by atoms with Gasteiger partial charge in [-0.15, -0.1) is 0 Å². The fourth-order valence-corrected chi connectivity index (χ4v) is 5.00. The predicted molar refractivity (Wildman–Crippen MR) is 129 cm³/mol. The zero-order valence-electron chi connectivity index (χ0n) is 19.2. The van der Waals surface area contributed by atoms with E-state index in [0.717, 1.165) is 36.3 Å². The van der Waals surface area contributed by atoms with Gasteiger partial charge in [0.25, 0.3) is 0 Å². The molecule has 3 heterocycles. The summed E-state index contributed by atoms with van der Waals surface area (Å²) in [7, 11) is 0. The van der Waals surface area contributed by atoms with Gasteiger partial charge in [0.15, 0.2) is 0 Å². The quantitative estimate of drug-likeness (QED) is 0.636. The summed E-state index contributed by atoms with van der Waals surface area (Å²) in [6.45, 7) is 6.19. The molecular weight excluding hydrogens is 412 g/mol. The normalized spacial score (nSPS) is 21.2. The van der Waals surface area contributed by atoms with E-state index in [1.807, 2.05) is 28.0 Å². The summed E-state index contributed by atoms with van der Waals surface area (Å²) in [4.78, 5) is 17.4. The van der Waals surface area contributed by atoms with Crippen molar-refractivity contribution >= 4 is 6.03 Å². The number of likely N-dealkylation sites (tertiary alicyclic amines) is 1. The Bertz CT molecular complexity index is 1060. The first kappa shape index (κ1) is 21.7. The second-order valence-corrected chi connectivity index (χ2v) is 9.09. The molecule has 172 valence electrons. The average molecular weight is 445 g/mol. The van der Waals surface area contributed by atoms with Gasteiger partial charge in [-0.2, -0.15) is 5.10 Å². The monoisotopic (exact) mass is 444 g/mol. The number of carbonyl (C=O) groups excluding carboxylic acids is 1. The number of H-pyrrole nitrogens is 1. The molecule has 5 rings (SSSR count). The van der Waals surface area contributed by atoms with Gasteiger partial charge in [0.2, 0.25) is 0 Å². The molecule has 2 fully saturated rings. The highest BCUT2D eigenvalue weighted by Crippen LogP contribution is 2.36. The van der Waals surface area contributed by atoms with E-state index < -0.39 is 0 Å². The van der Waals surface area contributed by atoms with Crippen LogP contribution in [0.25, 0.3) is 11.3 Å².